The van der Waals surface area contributed by atoms with E-state index in [4.69, 9.17) is 5.73 Å². The molecule has 0 fully saturated rings. The van der Waals surface area contributed by atoms with Crippen molar-refractivity contribution in [2.24, 2.45) is 5.73 Å². The molecule has 0 bridgehead atoms. The highest BCUT2D eigenvalue weighted by molar-refractivity contribution is 7.89. The van der Waals surface area contributed by atoms with Gasteiger partial charge in [0.25, 0.3) is 0 Å². The van der Waals surface area contributed by atoms with E-state index >= 15 is 0 Å². The summed E-state index contributed by atoms with van der Waals surface area (Å²) in [4.78, 5) is -0.111. The molecule has 0 heterocycles. The van der Waals surface area contributed by atoms with Gasteiger partial charge in [0, 0.05) is 12.6 Å². The molecule has 2 aromatic rings. The number of halogens is 2. The molecule has 2 aromatic carbocycles. The van der Waals surface area contributed by atoms with E-state index < -0.39 is 21.9 Å². The minimum Gasteiger partial charge on any atom is -0.323 e. The molecule has 2 rings (SSSR count). The van der Waals surface area contributed by atoms with Gasteiger partial charge < -0.3 is 5.73 Å². The monoisotopic (exact) mass is 372 g/mol. The van der Waals surface area contributed by atoms with Crippen molar-refractivity contribution in [2.45, 2.75) is 30.7 Å². The zero-order chi connectivity index (χ0) is 17.0. The SMILES string of the molecule is CC(C)c1ccc(C(N)CNS(=O)(=O)c2cccc(F)c2)cc1.Cl. The van der Waals surface area contributed by atoms with E-state index in [2.05, 4.69) is 18.6 Å². The lowest BCUT2D eigenvalue weighted by atomic mass is 9.99. The summed E-state index contributed by atoms with van der Waals surface area (Å²) in [6.07, 6.45) is 0. The lowest BCUT2D eigenvalue weighted by Crippen LogP contribution is -2.32. The molecule has 0 aliphatic heterocycles. The molecule has 0 amide bonds. The summed E-state index contributed by atoms with van der Waals surface area (Å²) in [5.74, 6) is -0.173. The number of sulfonamides is 1. The van der Waals surface area contributed by atoms with Gasteiger partial charge in [-0.3, -0.25) is 0 Å². The van der Waals surface area contributed by atoms with Gasteiger partial charge in [0.15, 0.2) is 0 Å². The van der Waals surface area contributed by atoms with E-state index in [-0.39, 0.29) is 23.8 Å². The molecule has 0 spiro atoms. The normalized spacial score (nSPS) is 12.7. The smallest absolute Gasteiger partial charge is 0.240 e. The lowest BCUT2D eigenvalue weighted by Gasteiger charge is -2.15. The Balaban J connectivity index is 0.00000288. The highest BCUT2D eigenvalue weighted by atomic mass is 35.5. The quantitative estimate of drug-likeness (QED) is 0.816. The number of hydrogen-bond acceptors (Lipinski definition) is 3. The Hall–Kier alpha value is -1.47. The van der Waals surface area contributed by atoms with Gasteiger partial charge in [-0.15, -0.1) is 12.4 Å². The molecular weight excluding hydrogens is 351 g/mol. The minimum absolute atomic E-state index is 0. The largest absolute Gasteiger partial charge is 0.323 e. The van der Waals surface area contributed by atoms with Crippen LogP contribution in [0.1, 0.15) is 36.9 Å². The van der Waals surface area contributed by atoms with Crippen molar-refractivity contribution in [2.75, 3.05) is 6.54 Å². The third-order valence-electron chi connectivity index (χ3n) is 3.63. The zero-order valence-corrected chi connectivity index (χ0v) is 15.2. The van der Waals surface area contributed by atoms with Crippen molar-refractivity contribution in [1.82, 2.24) is 4.72 Å². The van der Waals surface area contributed by atoms with E-state index in [9.17, 15) is 12.8 Å². The van der Waals surface area contributed by atoms with Crippen LogP contribution in [0.3, 0.4) is 0 Å². The first-order valence-electron chi connectivity index (χ1n) is 7.40. The molecule has 0 aliphatic carbocycles. The Labute approximate surface area is 148 Å². The first-order valence-corrected chi connectivity index (χ1v) is 8.88. The standard InChI is InChI=1S/C17H21FN2O2S.ClH/c1-12(2)13-6-8-14(9-7-13)17(19)11-20-23(21,22)16-5-3-4-15(18)10-16;/h3-10,12,17,20H,11,19H2,1-2H3;1H. The van der Waals surface area contributed by atoms with Gasteiger partial charge in [-0.2, -0.15) is 0 Å². The molecule has 4 nitrogen and oxygen atoms in total. The molecule has 0 saturated carbocycles. The van der Waals surface area contributed by atoms with Gasteiger partial charge in [0.2, 0.25) is 10.0 Å². The van der Waals surface area contributed by atoms with Gasteiger partial charge in [-0.1, -0.05) is 44.2 Å². The fourth-order valence-electron chi connectivity index (χ4n) is 2.16. The first kappa shape index (κ1) is 20.6. The molecule has 132 valence electrons. The second kappa shape index (κ2) is 8.58. The van der Waals surface area contributed by atoms with Crippen LogP contribution in [-0.2, 0) is 10.0 Å². The summed E-state index contributed by atoms with van der Waals surface area (Å²) < 4.78 is 39.8. The van der Waals surface area contributed by atoms with Crippen molar-refractivity contribution < 1.29 is 12.8 Å². The second-order valence-corrected chi connectivity index (χ2v) is 7.50. The molecule has 7 heteroatoms. The zero-order valence-electron chi connectivity index (χ0n) is 13.6. The van der Waals surface area contributed by atoms with Crippen molar-refractivity contribution in [1.29, 1.82) is 0 Å². The van der Waals surface area contributed by atoms with Crippen LogP contribution >= 0.6 is 12.4 Å². The average Bonchev–Trinajstić information content (AvgIpc) is 2.53. The number of hydrogen-bond donors (Lipinski definition) is 2. The molecule has 0 saturated heterocycles. The summed E-state index contributed by atoms with van der Waals surface area (Å²) in [7, 11) is -3.78. The van der Waals surface area contributed by atoms with Crippen LogP contribution in [0.2, 0.25) is 0 Å². The van der Waals surface area contributed by atoms with Crippen molar-refractivity contribution in [3.63, 3.8) is 0 Å². The second-order valence-electron chi connectivity index (χ2n) is 5.74. The van der Waals surface area contributed by atoms with Gasteiger partial charge in [-0.25, -0.2) is 17.5 Å². The third kappa shape index (κ3) is 5.27. The molecular formula is C17H22ClFN2O2S. The van der Waals surface area contributed by atoms with Crippen LogP contribution in [0.25, 0.3) is 0 Å². The van der Waals surface area contributed by atoms with E-state index in [0.717, 1.165) is 11.6 Å². The highest BCUT2D eigenvalue weighted by Crippen LogP contribution is 2.18. The van der Waals surface area contributed by atoms with Crippen molar-refractivity contribution in [3.8, 4) is 0 Å². The minimum atomic E-state index is -3.78. The Morgan fingerprint density at radius 1 is 1.08 bits per heavy atom. The Kier molecular flexibility index (Phi) is 7.35. The van der Waals surface area contributed by atoms with Crippen LogP contribution in [0.4, 0.5) is 4.39 Å². The molecule has 1 unspecified atom stereocenters. The maximum Gasteiger partial charge on any atom is 0.240 e. The van der Waals surface area contributed by atoms with Crippen molar-refractivity contribution in [3.05, 3.63) is 65.5 Å². The Bertz CT molecular complexity index is 764. The van der Waals surface area contributed by atoms with E-state index in [0.29, 0.717) is 5.92 Å². The average molecular weight is 373 g/mol. The number of rotatable bonds is 6. The van der Waals surface area contributed by atoms with Crippen LogP contribution in [0.5, 0.6) is 0 Å². The number of benzene rings is 2. The Morgan fingerprint density at radius 3 is 2.21 bits per heavy atom. The van der Waals surface area contributed by atoms with Crippen LogP contribution < -0.4 is 10.5 Å². The predicted molar refractivity (Wildman–Crippen MR) is 96.3 cm³/mol. The first-order chi connectivity index (χ1) is 10.8. The van der Waals surface area contributed by atoms with E-state index in [1.54, 1.807) is 0 Å². The summed E-state index contributed by atoms with van der Waals surface area (Å²) >= 11 is 0. The highest BCUT2D eigenvalue weighted by Gasteiger charge is 2.16. The van der Waals surface area contributed by atoms with Gasteiger partial charge in [0.1, 0.15) is 5.82 Å². The predicted octanol–water partition coefficient (Wildman–Crippen LogP) is 3.35. The summed E-state index contributed by atoms with van der Waals surface area (Å²) in [6, 6.07) is 12.2. The summed E-state index contributed by atoms with van der Waals surface area (Å²) in [5.41, 5.74) is 8.07. The molecule has 0 aromatic heterocycles. The fraction of sp³-hybridized carbons (Fsp3) is 0.294. The Morgan fingerprint density at radius 2 is 1.67 bits per heavy atom. The third-order valence-corrected chi connectivity index (χ3v) is 5.05. The van der Waals surface area contributed by atoms with Gasteiger partial charge >= 0.3 is 0 Å². The molecule has 1 atom stereocenters. The fourth-order valence-corrected chi connectivity index (χ4v) is 3.25. The topological polar surface area (TPSA) is 72.2 Å². The van der Waals surface area contributed by atoms with E-state index in [1.165, 1.54) is 23.8 Å². The number of nitrogens with one attached hydrogen (secondary N) is 1. The lowest BCUT2D eigenvalue weighted by molar-refractivity contribution is 0.569. The van der Waals surface area contributed by atoms with Gasteiger partial charge in [0.05, 0.1) is 4.90 Å². The van der Waals surface area contributed by atoms with Crippen LogP contribution in [-0.4, -0.2) is 15.0 Å². The summed E-state index contributed by atoms with van der Waals surface area (Å²) in [6.45, 7) is 4.24. The van der Waals surface area contributed by atoms with Crippen LogP contribution in [0.15, 0.2) is 53.4 Å². The maximum atomic E-state index is 13.1. The molecule has 0 radical (unpaired) electrons. The number of nitrogens with two attached hydrogens (primary N) is 1. The maximum absolute atomic E-state index is 13.1. The van der Waals surface area contributed by atoms with E-state index in [1.807, 2.05) is 24.3 Å². The molecule has 24 heavy (non-hydrogen) atoms. The van der Waals surface area contributed by atoms with Crippen molar-refractivity contribution >= 4 is 22.4 Å². The van der Waals surface area contributed by atoms with Gasteiger partial charge in [-0.05, 0) is 35.2 Å². The molecule has 0 aliphatic rings. The molecule has 3 N–H and O–H groups in total. The van der Waals surface area contributed by atoms with Crippen LogP contribution in [0, 0.1) is 5.82 Å². The summed E-state index contributed by atoms with van der Waals surface area (Å²) in [5, 5.41) is 0.